The van der Waals surface area contributed by atoms with Crippen LogP contribution in [0.5, 0.6) is 0 Å². The molecule has 0 amide bonds. The molecule has 0 aliphatic carbocycles. The van der Waals surface area contributed by atoms with Gasteiger partial charge in [-0.1, -0.05) is 6.07 Å². The van der Waals surface area contributed by atoms with Gasteiger partial charge in [0, 0.05) is 27.8 Å². The van der Waals surface area contributed by atoms with Crippen LogP contribution in [0.15, 0.2) is 18.2 Å². The van der Waals surface area contributed by atoms with Gasteiger partial charge in [-0.2, -0.15) is 0 Å². The van der Waals surface area contributed by atoms with E-state index in [9.17, 15) is 4.91 Å². The summed E-state index contributed by atoms with van der Waals surface area (Å²) in [7, 11) is 0. The largest absolute Gasteiger partial charge is 0.398 e. The molecular weight excluding hydrogens is 140 g/mol. The topological polar surface area (TPSA) is 46.1 Å². The fourth-order valence-electron chi connectivity index (χ4n) is 1.43. The average Bonchev–Trinajstić information content (AvgIpc) is 2.35. The van der Waals surface area contributed by atoms with Crippen molar-refractivity contribution in [1.29, 1.82) is 0 Å². The molecule has 0 saturated carbocycles. The Hall–Kier alpha value is -1.38. The molecule has 11 heavy (non-hydrogen) atoms. The van der Waals surface area contributed by atoms with Crippen LogP contribution in [-0.4, -0.2) is 11.3 Å². The van der Waals surface area contributed by atoms with Gasteiger partial charge in [0.15, 0.2) is 0 Å². The summed E-state index contributed by atoms with van der Waals surface area (Å²) >= 11 is 0. The Morgan fingerprint density at radius 3 is 3.00 bits per heavy atom. The quantitative estimate of drug-likeness (QED) is 0.445. The molecule has 0 bridgehead atoms. The van der Waals surface area contributed by atoms with E-state index in [1.54, 1.807) is 0 Å². The third-order valence-electron chi connectivity index (χ3n) is 2.02. The predicted molar refractivity (Wildman–Crippen MR) is 42.7 cm³/mol. The van der Waals surface area contributed by atoms with Crippen molar-refractivity contribution in [2.24, 2.45) is 0 Å². The van der Waals surface area contributed by atoms with Crippen LogP contribution >= 0.6 is 0 Å². The molecule has 1 aromatic rings. The van der Waals surface area contributed by atoms with Crippen molar-refractivity contribution in [3.63, 3.8) is 0 Å². The second kappa shape index (κ2) is 2.05. The van der Waals surface area contributed by atoms with Gasteiger partial charge in [-0.05, 0) is 6.07 Å². The summed E-state index contributed by atoms with van der Waals surface area (Å²) < 4.78 is 0.992. The minimum Gasteiger partial charge on any atom is -0.398 e. The lowest BCUT2D eigenvalue weighted by molar-refractivity contribution is -0.451. The van der Waals surface area contributed by atoms with Gasteiger partial charge in [0.05, 0.1) is 5.56 Å². The highest BCUT2D eigenvalue weighted by Gasteiger charge is 2.28. The molecule has 0 saturated heterocycles. The summed E-state index contributed by atoms with van der Waals surface area (Å²) in [6.45, 7) is 0.545. The van der Waals surface area contributed by atoms with Crippen LogP contribution in [0.1, 0.15) is 5.56 Å². The standard InChI is InChI=1S/C8H9N2O/c9-7-2-1-3-8-6(7)4-5-10(8)11/h1-3H,4-5,9H2/q+1. The number of anilines is 1. The van der Waals surface area contributed by atoms with E-state index in [0.29, 0.717) is 6.54 Å². The van der Waals surface area contributed by atoms with Crippen molar-refractivity contribution < 1.29 is 4.76 Å². The Kier molecular flexibility index (Phi) is 1.18. The summed E-state index contributed by atoms with van der Waals surface area (Å²) in [5.74, 6) is 0. The van der Waals surface area contributed by atoms with Crippen LogP contribution in [0.3, 0.4) is 0 Å². The zero-order chi connectivity index (χ0) is 7.84. The summed E-state index contributed by atoms with van der Waals surface area (Å²) in [5.41, 5.74) is 8.15. The first kappa shape index (κ1) is 6.34. The van der Waals surface area contributed by atoms with Crippen molar-refractivity contribution in [2.75, 3.05) is 12.3 Å². The molecule has 0 radical (unpaired) electrons. The minimum atomic E-state index is 0.545. The Morgan fingerprint density at radius 2 is 2.27 bits per heavy atom. The summed E-state index contributed by atoms with van der Waals surface area (Å²) in [6.07, 6.45) is 0.783. The molecular formula is C8H9N2O+. The lowest BCUT2D eigenvalue weighted by Crippen LogP contribution is -1.93. The third-order valence-corrected chi connectivity index (χ3v) is 2.02. The second-order valence-corrected chi connectivity index (χ2v) is 2.70. The number of nitrogen functional groups attached to an aromatic ring is 1. The molecule has 1 aromatic carbocycles. The Balaban J connectivity index is 2.66. The molecule has 1 aliphatic rings. The summed E-state index contributed by atoms with van der Waals surface area (Å²) in [5, 5.41) is 0. The van der Waals surface area contributed by atoms with Crippen molar-refractivity contribution in [1.82, 2.24) is 0 Å². The van der Waals surface area contributed by atoms with Gasteiger partial charge in [-0.15, -0.1) is 0 Å². The van der Waals surface area contributed by atoms with Gasteiger partial charge in [-0.25, -0.2) is 0 Å². The fourth-order valence-corrected chi connectivity index (χ4v) is 1.43. The van der Waals surface area contributed by atoms with E-state index < -0.39 is 0 Å². The summed E-state index contributed by atoms with van der Waals surface area (Å²) in [6, 6.07) is 5.45. The highest BCUT2D eigenvalue weighted by molar-refractivity contribution is 5.58. The molecule has 3 nitrogen and oxygen atoms in total. The molecule has 0 fully saturated rings. The number of rotatable bonds is 0. The van der Waals surface area contributed by atoms with Gasteiger partial charge < -0.3 is 5.73 Å². The van der Waals surface area contributed by atoms with E-state index in [1.807, 2.05) is 18.2 Å². The van der Waals surface area contributed by atoms with Crippen molar-refractivity contribution >= 4 is 11.4 Å². The first-order chi connectivity index (χ1) is 5.29. The van der Waals surface area contributed by atoms with Crippen LogP contribution < -0.4 is 5.73 Å². The van der Waals surface area contributed by atoms with Gasteiger partial charge in [0.1, 0.15) is 0 Å². The molecule has 0 atom stereocenters. The van der Waals surface area contributed by atoms with Crippen LogP contribution in [0.4, 0.5) is 11.4 Å². The monoisotopic (exact) mass is 149 g/mol. The maximum atomic E-state index is 11.1. The lowest BCUT2D eigenvalue weighted by atomic mass is 10.1. The van der Waals surface area contributed by atoms with Gasteiger partial charge >= 0.3 is 0 Å². The molecule has 2 rings (SSSR count). The highest BCUT2D eigenvalue weighted by atomic mass is 16.3. The van der Waals surface area contributed by atoms with E-state index in [4.69, 9.17) is 5.73 Å². The number of nitrogens with two attached hydrogens (primary N) is 1. The predicted octanol–water partition coefficient (Wildman–Crippen LogP) is 1.24. The van der Waals surface area contributed by atoms with Crippen LogP contribution in [0, 0.1) is 4.91 Å². The van der Waals surface area contributed by atoms with Gasteiger partial charge in [0.2, 0.25) is 6.54 Å². The smallest absolute Gasteiger partial charge is 0.261 e. The zero-order valence-corrected chi connectivity index (χ0v) is 6.08. The molecule has 1 heterocycles. The second-order valence-electron chi connectivity index (χ2n) is 2.70. The molecule has 0 spiro atoms. The van der Waals surface area contributed by atoms with Crippen molar-refractivity contribution in [3.05, 3.63) is 28.7 Å². The van der Waals surface area contributed by atoms with Gasteiger partial charge in [-0.3, -0.25) is 0 Å². The van der Waals surface area contributed by atoms with Gasteiger partial charge in [0.25, 0.3) is 5.69 Å². The number of nitrogens with zero attached hydrogens (tertiary/aromatic N) is 1. The van der Waals surface area contributed by atoms with E-state index in [2.05, 4.69) is 0 Å². The number of benzene rings is 1. The molecule has 1 aliphatic heterocycles. The van der Waals surface area contributed by atoms with E-state index >= 15 is 0 Å². The molecule has 2 N–H and O–H groups in total. The lowest BCUT2D eigenvalue weighted by Gasteiger charge is -1.93. The molecule has 56 valence electrons. The molecule has 0 aromatic heterocycles. The van der Waals surface area contributed by atoms with Crippen molar-refractivity contribution in [2.45, 2.75) is 6.42 Å². The zero-order valence-electron chi connectivity index (χ0n) is 6.08. The van der Waals surface area contributed by atoms with Crippen LogP contribution in [0.25, 0.3) is 0 Å². The fraction of sp³-hybridized carbons (Fsp3) is 0.250. The molecule has 3 heteroatoms. The third kappa shape index (κ3) is 0.808. The van der Waals surface area contributed by atoms with Crippen molar-refractivity contribution in [3.8, 4) is 0 Å². The first-order valence-electron chi connectivity index (χ1n) is 3.61. The number of nitroso groups, excluding NO2 is 1. The Bertz CT molecular complexity index is 320. The first-order valence-corrected chi connectivity index (χ1v) is 3.61. The average molecular weight is 149 g/mol. The SMILES string of the molecule is Nc1cccc2c1CC[N+]2=O. The van der Waals surface area contributed by atoms with Crippen LogP contribution in [-0.2, 0) is 6.42 Å². The minimum absolute atomic E-state index is 0.545. The maximum Gasteiger partial charge on any atom is 0.261 e. The van der Waals surface area contributed by atoms with E-state index in [0.717, 1.165) is 28.1 Å². The maximum absolute atomic E-state index is 11.1. The van der Waals surface area contributed by atoms with E-state index in [1.165, 1.54) is 0 Å². The Morgan fingerprint density at radius 1 is 1.45 bits per heavy atom. The normalized spacial score (nSPS) is 15.1. The highest BCUT2D eigenvalue weighted by Crippen LogP contribution is 2.29. The number of hydrogen-bond donors (Lipinski definition) is 1. The number of fused-ring (bicyclic) bond motifs is 1. The van der Waals surface area contributed by atoms with E-state index in [-0.39, 0.29) is 0 Å². The van der Waals surface area contributed by atoms with Crippen LogP contribution in [0.2, 0.25) is 0 Å². The summed E-state index contributed by atoms with van der Waals surface area (Å²) in [4.78, 5) is 11.1. The Labute approximate surface area is 64.4 Å². The number of hydrogen-bond acceptors (Lipinski definition) is 2. The molecule has 0 unspecified atom stereocenters.